The van der Waals surface area contributed by atoms with Crippen molar-refractivity contribution >= 4 is 10.0 Å². The summed E-state index contributed by atoms with van der Waals surface area (Å²) in [7, 11) is -3.16. The lowest BCUT2D eigenvalue weighted by molar-refractivity contribution is 0.487. The Kier molecular flexibility index (Phi) is 4.62. The van der Waals surface area contributed by atoms with E-state index in [0.717, 1.165) is 25.8 Å². The predicted octanol–water partition coefficient (Wildman–Crippen LogP) is 1.98. The molecule has 0 radical (unpaired) electrons. The second kappa shape index (κ2) is 6.46. The molecule has 2 aliphatic rings. The van der Waals surface area contributed by atoms with Crippen molar-refractivity contribution in [3.05, 3.63) is 35.4 Å². The van der Waals surface area contributed by atoms with E-state index >= 15 is 0 Å². The number of benzene rings is 1. The molecule has 0 spiro atoms. The van der Waals surface area contributed by atoms with Crippen LogP contribution in [-0.2, 0) is 16.4 Å². The normalized spacial score (nSPS) is 23.1. The maximum absolute atomic E-state index is 12.2. The molecule has 0 bridgehead atoms. The third kappa shape index (κ3) is 3.84. The van der Waals surface area contributed by atoms with E-state index < -0.39 is 10.0 Å². The maximum atomic E-state index is 12.2. The van der Waals surface area contributed by atoms with Gasteiger partial charge in [-0.15, -0.1) is 0 Å². The smallest absolute Gasteiger partial charge is 0.211 e. The summed E-state index contributed by atoms with van der Waals surface area (Å²) < 4.78 is 27.2. The highest BCUT2D eigenvalue weighted by molar-refractivity contribution is 7.89. The molecule has 1 heterocycles. The van der Waals surface area contributed by atoms with Crippen LogP contribution in [0, 0.1) is 5.92 Å². The van der Waals surface area contributed by atoms with Gasteiger partial charge in [0, 0.05) is 12.6 Å². The van der Waals surface area contributed by atoms with Crippen LogP contribution in [0.3, 0.4) is 0 Å². The molecule has 1 fully saturated rings. The van der Waals surface area contributed by atoms with Crippen LogP contribution in [0.2, 0.25) is 0 Å². The molecular weight excluding hydrogens is 284 g/mol. The van der Waals surface area contributed by atoms with E-state index in [-0.39, 0.29) is 6.04 Å². The molecule has 0 aromatic heterocycles. The first-order valence-electron chi connectivity index (χ1n) is 7.92. The number of sulfonamides is 1. The Labute approximate surface area is 127 Å². The summed E-state index contributed by atoms with van der Waals surface area (Å²) in [6, 6.07) is 8.39. The Bertz CT molecular complexity index is 580. The zero-order chi connectivity index (χ0) is 14.7. The van der Waals surface area contributed by atoms with Gasteiger partial charge in [0.15, 0.2) is 0 Å². The second-order valence-corrected chi connectivity index (χ2v) is 8.09. The van der Waals surface area contributed by atoms with Gasteiger partial charge in [0.05, 0.1) is 5.75 Å². The first-order chi connectivity index (χ1) is 10.1. The number of nitrogens with one attached hydrogen (secondary N) is 2. The van der Waals surface area contributed by atoms with Gasteiger partial charge in [-0.05, 0) is 42.9 Å². The van der Waals surface area contributed by atoms with Crippen LogP contribution in [0.25, 0.3) is 0 Å². The summed E-state index contributed by atoms with van der Waals surface area (Å²) in [5, 5.41) is 3.41. The van der Waals surface area contributed by atoms with E-state index in [4.69, 9.17) is 0 Å². The van der Waals surface area contributed by atoms with Crippen molar-refractivity contribution in [2.75, 3.05) is 18.8 Å². The van der Waals surface area contributed by atoms with Crippen LogP contribution < -0.4 is 10.0 Å². The molecule has 3 rings (SSSR count). The fourth-order valence-corrected chi connectivity index (χ4v) is 5.02. The van der Waals surface area contributed by atoms with Gasteiger partial charge in [0.2, 0.25) is 10.0 Å². The first kappa shape index (κ1) is 15.0. The Morgan fingerprint density at radius 1 is 1.19 bits per heavy atom. The quantitative estimate of drug-likeness (QED) is 0.874. The average molecular weight is 308 g/mol. The second-order valence-electron chi connectivity index (χ2n) is 6.24. The van der Waals surface area contributed by atoms with E-state index in [2.05, 4.69) is 22.2 Å². The van der Waals surface area contributed by atoms with Crippen molar-refractivity contribution in [3.63, 3.8) is 0 Å². The minimum Gasteiger partial charge on any atom is -0.308 e. The molecule has 0 saturated heterocycles. The predicted molar refractivity (Wildman–Crippen MR) is 84.6 cm³/mol. The van der Waals surface area contributed by atoms with E-state index in [9.17, 15) is 8.42 Å². The van der Waals surface area contributed by atoms with Gasteiger partial charge < -0.3 is 5.32 Å². The summed E-state index contributed by atoms with van der Waals surface area (Å²) in [5.74, 6) is 0.649. The fraction of sp³-hybridized carbons (Fsp3) is 0.625. The molecule has 1 saturated carbocycles. The third-order valence-corrected chi connectivity index (χ3v) is 6.17. The Morgan fingerprint density at radius 3 is 2.76 bits per heavy atom. The Hall–Kier alpha value is -0.910. The monoisotopic (exact) mass is 308 g/mol. The van der Waals surface area contributed by atoms with Crippen molar-refractivity contribution in [2.45, 2.75) is 38.1 Å². The molecule has 1 unspecified atom stereocenters. The molecule has 1 aromatic rings. The van der Waals surface area contributed by atoms with Crippen LogP contribution >= 0.6 is 0 Å². The number of rotatable bonds is 5. The Morgan fingerprint density at radius 2 is 1.95 bits per heavy atom. The summed E-state index contributed by atoms with van der Waals surface area (Å²) in [6.07, 6.45) is 5.49. The zero-order valence-electron chi connectivity index (χ0n) is 12.3. The zero-order valence-corrected chi connectivity index (χ0v) is 13.2. The van der Waals surface area contributed by atoms with Crippen LogP contribution in [0.1, 0.15) is 42.9 Å². The van der Waals surface area contributed by atoms with Crippen molar-refractivity contribution in [1.29, 1.82) is 0 Å². The molecule has 116 valence electrons. The van der Waals surface area contributed by atoms with Crippen molar-refractivity contribution in [3.8, 4) is 0 Å². The molecule has 5 heteroatoms. The van der Waals surface area contributed by atoms with Gasteiger partial charge in [-0.25, -0.2) is 13.1 Å². The summed E-state index contributed by atoms with van der Waals surface area (Å²) >= 11 is 0. The third-order valence-electron chi connectivity index (χ3n) is 4.65. The van der Waals surface area contributed by atoms with Gasteiger partial charge in [-0.1, -0.05) is 37.1 Å². The van der Waals surface area contributed by atoms with E-state index in [1.165, 1.54) is 24.0 Å². The molecule has 2 N–H and O–H groups in total. The standard InChI is InChI=1S/C16H24N2O2S/c19-21(20,12-13-5-1-2-6-13)18-11-16-15-8-4-3-7-14(15)9-10-17-16/h3-4,7-8,13,16-18H,1-2,5-6,9-12H2. The fourth-order valence-electron chi connectivity index (χ4n) is 3.53. The lowest BCUT2D eigenvalue weighted by atomic mass is 9.95. The van der Waals surface area contributed by atoms with E-state index in [0.29, 0.717) is 18.2 Å². The highest BCUT2D eigenvalue weighted by atomic mass is 32.2. The van der Waals surface area contributed by atoms with E-state index in [1.807, 2.05) is 12.1 Å². The number of fused-ring (bicyclic) bond motifs is 1. The van der Waals surface area contributed by atoms with Crippen LogP contribution in [0.5, 0.6) is 0 Å². The molecule has 1 atom stereocenters. The highest BCUT2D eigenvalue weighted by Crippen LogP contribution is 2.26. The summed E-state index contributed by atoms with van der Waals surface area (Å²) in [5.41, 5.74) is 2.56. The van der Waals surface area contributed by atoms with Crippen LogP contribution in [0.4, 0.5) is 0 Å². The minimum absolute atomic E-state index is 0.0910. The van der Waals surface area contributed by atoms with Gasteiger partial charge in [0.1, 0.15) is 0 Å². The topological polar surface area (TPSA) is 58.2 Å². The van der Waals surface area contributed by atoms with Crippen LogP contribution in [-0.4, -0.2) is 27.3 Å². The highest BCUT2D eigenvalue weighted by Gasteiger charge is 2.25. The molecule has 21 heavy (non-hydrogen) atoms. The first-order valence-corrected chi connectivity index (χ1v) is 9.58. The average Bonchev–Trinajstić information content (AvgIpc) is 2.97. The SMILES string of the molecule is O=S(=O)(CC1CCCC1)NCC1NCCc2ccccc21. The van der Waals surface area contributed by atoms with Gasteiger partial charge in [0.25, 0.3) is 0 Å². The minimum atomic E-state index is -3.16. The molecular formula is C16H24N2O2S. The number of hydrogen-bond acceptors (Lipinski definition) is 3. The maximum Gasteiger partial charge on any atom is 0.211 e. The molecule has 1 aromatic carbocycles. The largest absolute Gasteiger partial charge is 0.308 e. The van der Waals surface area contributed by atoms with Crippen molar-refractivity contribution in [2.24, 2.45) is 5.92 Å². The Balaban J connectivity index is 1.60. The molecule has 4 nitrogen and oxygen atoms in total. The number of hydrogen-bond donors (Lipinski definition) is 2. The van der Waals surface area contributed by atoms with Gasteiger partial charge in [-0.2, -0.15) is 0 Å². The summed E-state index contributed by atoms with van der Waals surface area (Å²) in [6.45, 7) is 1.36. The van der Waals surface area contributed by atoms with Gasteiger partial charge in [-0.3, -0.25) is 0 Å². The van der Waals surface area contributed by atoms with E-state index in [1.54, 1.807) is 0 Å². The summed E-state index contributed by atoms with van der Waals surface area (Å²) in [4.78, 5) is 0. The van der Waals surface area contributed by atoms with Crippen molar-refractivity contribution < 1.29 is 8.42 Å². The van der Waals surface area contributed by atoms with Crippen molar-refractivity contribution in [1.82, 2.24) is 10.0 Å². The molecule has 0 amide bonds. The van der Waals surface area contributed by atoms with Crippen LogP contribution in [0.15, 0.2) is 24.3 Å². The molecule has 1 aliphatic carbocycles. The lowest BCUT2D eigenvalue weighted by Crippen LogP contribution is -2.40. The molecule has 1 aliphatic heterocycles. The van der Waals surface area contributed by atoms with Gasteiger partial charge >= 0.3 is 0 Å². The lowest BCUT2D eigenvalue weighted by Gasteiger charge is -2.27.